The van der Waals surface area contributed by atoms with Crippen LogP contribution in [0.15, 0.2) is 27.6 Å². The quantitative estimate of drug-likeness (QED) is 0.848. The van der Waals surface area contributed by atoms with Gasteiger partial charge in [0.05, 0.1) is 11.4 Å². The smallest absolute Gasteiger partial charge is 0.241 e. The zero-order chi connectivity index (χ0) is 13.8. The van der Waals surface area contributed by atoms with E-state index in [0.29, 0.717) is 16.6 Å². The summed E-state index contributed by atoms with van der Waals surface area (Å²) in [6, 6.07) is 4.97. The number of benzene rings is 1. The van der Waals surface area contributed by atoms with Crippen LogP contribution in [0.1, 0.15) is 12.5 Å². The Labute approximate surface area is 115 Å². The van der Waals surface area contributed by atoms with E-state index in [4.69, 9.17) is 0 Å². The van der Waals surface area contributed by atoms with Crippen molar-refractivity contribution in [3.05, 3.63) is 28.2 Å². The molecule has 5 nitrogen and oxygen atoms in total. The first-order valence-electron chi connectivity index (χ1n) is 5.39. The van der Waals surface area contributed by atoms with Crippen molar-refractivity contribution in [1.29, 1.82) is 0 Å². The molecule has 0 radical (unpaired) electrons. The lowest BCUT2D eigenvalue weighted by atomic mass is 10.2. The Balaban J connectivity index is 2.87. The number of carbonyl (C=O) groups is 1. The van der Waals surface area contributed by atoms with Gasteiger partial charge < -0.3 is 5.32 Å². The highest BCUT2D eigenvalue weighted by Gasteiger charge is 2.17. The van der Waals surface area contributed by atoms with Crippen LogP contribution in [0.25, 0.3) is 0 Å². The Morgan fingerprint density at radius 3 is 2.67 bits per heavy atom. The first-order valence-corrected chi connectivity index (χ1v) is 7.67. The summed E-state index contributed by atoms with van der Waals surface area (Å²) in [4.78, 5) is 11.4. The standard InChI is InChI=1S/C11H15BrN2O3S/c1-3-13-11(15)7-14-18(16,17)10-6-9(12)5-4-8(10)2/h4-6,14H,3,7H2,1-2H3,(H,13,15). The predicted octanol–water partition coefficient (Wildman–Crippen LogP) is 1.17. The van der Waals surface area contributed by atoms with E-state index in [1.54, 1.807) is 26.0 Å². The topological polar surface area (TPSA) is 75.3 Å². The second kappa shape index (κ2) is 6.31. The van der Waals surface area contributed by atoms with Crippen LogP contribution in [-0.4, -0.2) is 27.4 Å². The SMILES string of the molecule is CCNC(=O)CNS(=O)(=O)c1cc(Br)ccc1C. The Morgan fingerprint density at radius 1 is 1.39 bits per heavy atom. The number of aryl methyl sites for hydroxylation is 1. The number of nitrogens with one attached hydrogen (secondary N) is 2. The Kier molecular flexibility index (Phi) is 5.30. The third-order valence-corrected chi connectivity index (χ3v) is 4.27. The molecule has 0 saturated heterocycles. The number of hydrogen-bond donors (Lipinski definition) is 2. The molecule has 0 aliphatic heterocycles. The maximum Gasteiger partial charge on any atom is 0.241 e. The van der Waals surface area contributed by atoms with Crippen molar-refractivity contribution in [2.75, 3.05) is 13.1 Å². The predicted molar refractivity (Wildman–Crippen MR) is 72.8 cm³/mol. The van der Waals surface area contributed by atoms with Gasteiger partial charge >= 0.3 is 0 Å². The molecule has 0 aliphatic rings. The molecular formula is C11H15BrN2O3S. The summed E-state index contributed by atoms with van der Waals surface area (Å²) in [5.41, 5.74) is 0.626. The highest BCUT2D eigenvalue weighted by Crippen LogP contribution is 2.20. The van der Waals surface area contributed by atoms with Gasteiger partial charge in [-0.1, -0.05) is 22.0 Å². The molecule has 18 heavy (non-hydrogen) atoms. The minimum absolute atomic E-state index is 0.168. The molecule has 2 N–H and O–H groups in total. The molecule has 1 aromatic carbocycles. The number of hydrogen-bond acceptors (Lipinski definition) is 3. The monoisotopic (exact) mass is 334 g/mol. The Hall–Kier alpha value is -0.920. The minimum atomic E-state index is -3.67. The molecule has 0 saturated carbocycles. The van der Waals surface area contributed by atoms with Gasteiger partial charge in [-0.2, -0.15) is 0 Å². The normalized spacial score (nSPS) is 11.3. The van der Waals surface area contributed by atoms with Crippen molar-refractivity contribution in [1.82, 2.24) is 10.0 Å². The summed E-state index contributed by atoms with van der Waals surface area (Å²) >= 11 is 3.22. The molecule has 1 aromatic rings. The van der Waals surface area contributed by atoms with Gasteiger partial charge in [-0.3, -0.25) is 4.79 Å². The van der Waals surface area contributed by atoms with E-state index < -0.39 is 10.0 Å². The van der Waals surface area contributed by atoms with E-state index in [1.807, 2.05) is 0 Å². The van der Waals surface area contributed by atoms with Crippen LogP contribution in [0.3, 0.4) is 0 Å². The van der Waals surface area contributed by atoms with Crippen LogP contribution in [0.2, 0.25) is 0 Å². The third kappa shape index (κ3) is 4.08. The van der Waals surface area contributed by atoms with E-state index >= 15 is 0 Å². The van der Waals surface area contributed by atoms with Crippen LogP contribution >= 0.6 is 15.9 Å². The van der Waals surface area contributed by atoms with Crippen molar-refractivity contribution in [2.45, 2.75) is 18.7 Å². The van der Waals surface area contributed by atoms with Gasteiger partial charge in [-0.05, 0) is 31.5 Å². The van der Waals surface area contributed by atoms with Gasteiger partial charge in [-0.25, -0.2) is 13.1 Å². The summed E-state index contributed by atoms with van der Waals surface area (Å²) in [5, 5.41) is 2.52. The lowest BCUT2D eigenvalue weighted by Crippen LogP contribution is -2.36. The van der Waals surface area contributed by atoms with E-state index in [2.05, 4.69) is 26.0 Å². The lowest BCUT2D eigenvalue weighted by Gasteiger charge is -2.09. The highest BCUT2D eigenvalue weighted by molar-refractivity contribution is 9.10. The molecule has 0 aliphatic carbocycles. The Morgan fingerprint density at radius 2 is 2.06 bits per heavy atom. The molecule has 0 unspecified atom stereocenters. The molecule has 1 rings (SSSR count). The molecule has 1 amide bonds. The average Bonchev–Trinajstić information content (AvgIpc) is 2.30. The zero-order valence-electron chi connectivity index (χ0n) is 10.2. The fourth-order valence-corrected chi connectivity index (χ4v) is 3.12. The van der Waals surface area contributed by atoms with Crippen LogP contribution < -0.4 is 10.0 Å². The number of amides is 1. The summed E-state index contributed by atoms with van der Waals surface area (Å²) < 4.78 is 26.9. The molecule has 0 aromatic heterocycles. The van der Waals surface area contributed by atoms with E-state index in [1.165, 1.54) is 6.07 Å². The van der Waals surface area contributed by atoms with Crippen molar-refractivity contribution in [2.24, 2.45) is 0 Å². The maximum atomic E-state index is 12.0. The molecule has 0 heterocycles. The third-order valence-electron chi connectivity index (χ3n) is 2.24. The highest BCUT2D eigenvalue weighted by atomic mass is 79.9. The Bertz CT molecular complexity index is 543. The summed E-state index contributed by atoms with van der Waals surface area (Å²) in [6.07, 6.45) is 0. The second-order valence-corrected chi connectivity index (χ2v) is 6.34. The van der Waals surface area contributed by atoms with Gasteiger partial charge in [0.2, 0.25) is 15.9 Å². The molecule has 0 atom stereocenters. The first kappa shape index (κ1) is 15.1. The van der Waals surface area contributed by atoms with E-state index in [-0.39, 0.29) is 17.3 Å². The molecule has 7 heteroatoms. The summed E-state index contributed by atoms with van der Waals surface area (Å²) in [6.45, 7) is 3.68. The van der Waals surface area contributed by atoms with Gasteiger partial charge in [-0.15, -0.1) is 0 Å². The van der Waals surface area contributed by atoms with Crippen molar-refractivity contribution in [3.63, 3.8) is 0 Å². The molecule has 0 bridgehead atoms. The van der Waals surface area contributed by atoms with Crippen molar-refractivity contribution in [3.8, 4) is 0 Å². The average molecular weight is 335 g/mol. The van der Waals surface area contributed by atoms with Gasteiger partial charge in [0.25, 0.3) is 0 Å². The molecule has 0 spiro atoms. The second-order valence-electron chi connectivity index (χ2n) is 3.69. The van der Waals surface area contributed by atoms with Crippen LogP contribution in [-0.2, 0) is 14.8 Å². The molecule has 0 fully saturated rings. The minimum Gasteiger partial charge on any atom is -0.355 e. The first-order chi connectivity index (χ1) is 8.36. The van der Waals surface area contributed by atoms with Crippen molar-refractivity contribution < 1.29 is 13.2 Å². The van der Waals surface area contributed by atoms with Crippen molar-refractivity contribution >= 4 is 31.9 Å². The zero-order valence-corrected chi connectivity index (χ0v) is 12.6. The summed E-state index contributed by atoms with van der Waals surface area (Å²) in [7, 11) is -3.67. The number of carbonyl (C=O) groups excluding carboxylic acids is 1. The largest absolute Gasteiger partial charge is 0.355 e. The number of sulfonamides is 1. The van der Waals surface area contributed by atoms with Gasteiger partial charge in [0.15, 0.2) is 0 Å². The lowest BCUT2D eigenvalue weighted by molar-refractivity contribution is -0.119. The fourth-order valence-electron chi connectivity index (χ4n) is 1.36. The number of rotatable bonds is 5. The van der Waals surface area contributed by atoms with Crippen LogP contribution in [0.5, 0.6) is 0 Å². The number of halogens is 1. The van der Waals surface area contributed by atoms with E-state index in [0.717, 1.165) is 0 Å². The molecular weight excluding hydrogens is 320 g/mol. The van der Waals surface area contributed by atoms with Gasteiger partial charge in [0, 0.05) is 11.0 Å². The fraction of sp³-hybridized carbons (Fsp3) is 0.364. The summed E-state index contributed by atoms with van der Waals surface area (Å²) in [5.74, 6) is -0.353. The van der Waals surface area contributed by atoms with E-state index in [9.17, 15) is 13.2 Å². The van der Waals surface area contributed by atoms with Crippen LogP contribution in [0, 0.1) is 6.92 Å². The maximum absolute atomic E-state index is 12.0. The number of likely N-dealkylation sites (N-methyl/N-ethyl adjacent to an activating group) is 1. The molecule has 100 valence electrons. The van der Waals surface area contributed by atoms with Crippen LogP contribution in [0.4, 0.5) is 0 Å². The van der Waals surface area contributed by atoms with Gasteiger partial charge in [0.1, 0.15) is 0 Å².